The Morgan fingerprint density at radius 1 is 1.43 bits per heavy atom. The molecule has 0 aromatic carbocycles. The fraction of sp³-hybridized carbons (Fsp3) is 0.500. The van der Waals surface area contributed by atoms with Gasteiger partial charge in [-0.15, -0.1) is 0 Å². The van der Waals surface area contributed by atoms with Crippen LogP contribution in [0.3, 0.4) is 0 Å². The summed E-state index contributed by atoms with van der Waals surface area (Å²) < 4.78 is 33.9. The van der Waals surface area contributed by atoms with Crippen LogP contribution < -0.4 is 29.6 Å². The third-order valence-electron chi connectivity index (χ3n) is 2.29. The fourth-order valence-electron chi connectivity index (χ4n) is 1.16. The summed E-state index contributed by atoms with van der Waals surface area (Å²) >= 11 is 0. The van der Waals surface area contributed by atoms with Crippen LogP contribution in [0.4, 0.5) is 0 Å². The van der Waals surface area contributed by atoms with Crippen LogP contribution >= 0.6 is 0 Å². The summed E-state index contributed by atoms with van der Waals surface area (Å²) in [6.07, 6.45) is 4.55. The molecule has 0 atom stereocenters. The van der Waals surface area contributed by atoms with Gasteiger partial charge in [0, 0.05) is 13.1 Å². The van der Waals surface area contributed by atoms with Gasteiger partial charge in [0.05, 0.1) is 0 Å². The maximum absolute atomic E-state index is 11.4. The van der Waals surface area contributed by atoms with Crippen molar-refractivity contribution < 1.29 is 53.5 Å². The maximum atomic E-state index is 11.4. The molecule has 0 rings (SSSR count). The predicted molar refractivity (Wildman–Crippen MR) is 74.2 cm³/mol. The van der Waals surface area contributed by atoms with E-state index in [1.807, 2.05) is 18.7 Å². The Bertz CT molecular complexity index is 524. The number of carbonyl (C=O) groups is 1. The van der Waals surface area contributed by atoms with Gasteiger partial charge in [-0.1, -0.05) is 0 Å². The first-order valence-electron chi connectivity index (χ1n) is 5.99. The van der Waals surface area contributed by atoms with E-state index >= 15 is 0 Å². The van der Waals surface area contributed by atoms with E-state index in [1.54, 1.807) is 12.3 Å². The van der Waals surface area contributed by atoms with E-state index in [9.17, 15) is 13.2 Å². The Balaban J connectivity index is -0.00000180. The summed E-state index contributed by atoms with van der Waals surface area (Å²) in [5.74, 6) is -1.63. The van der Waals surface area contributed by atoms with Crippen LogP contribution in [0.15, 0.2) is 23.9 Å². The second-order valence-electron chi connectivity index (χ2n) is 3.68. The van der Waals surface area contributed by atoms with Crippen molar-refractivity contribution in [3.8, 4) is 6.07 Å². The number of allylic oxidation sites excluding steroid dienone is 2. The van der Waals surface area contributed by atoms with E-state index in [1.165, 1.54) is 12.2 Å². The molecule has 0 bridgehead atoms. The van der Waals surface area contributed by atoms with E-state index in [0.717, 1.165) is 13.1 Å². The molecule has 0 saturated carbocycles. The zero-order valence-corrected chi connectivity index (χ0v) is 15.3. The topological polar surface area (TPSA) is 108 Å². The van der Waals surface area contributed by atoms with Crippen molar-refractivity contribution >= 4 is 16.1 Å². The molecular formula is C12H19N2NaO5S. The summed E-state index contributed by atoms with van der Waals surface area (Å²) in [7, 11) is -4.19. The van der Waals surface area contributed by atoms with Crippen molar-refractivity contribution in [1.82, 2.24) is 4.90 Å². The standard InChI is InChI=1S/C12H18N2O5S.Na.H/c1-3-14(4-2)7-5-6-11(10-13)12(15)19-8-9-20(16,17)18;;/h5-7H,3-4,8-9H2,1-2H3,(H,16,17,18);;/q;+1;-1/b7-5+,11-6+;;. The van der Waals surface area contributed by atoms with Crippen LogP contribution in [0.5, 0.6) is 0 Å². The van der Waals surface area contributed by atoms with Crippen LogP contribution in [0.1, 0.15) is 15.3 Å². The van der Waals surface area contributed by atoms with E-state index in [0.29, 0.717) is 0 Å². The van der Waals surface area contributed by atoms with Gasteiger partial charge in [0.15, 0.2) is 0 Å². The number of hydrogen-bond donors (Lipinski definition) is 1. The minimum Gasteiger partial charge on any atom is -1.00 e. The molecule has 0 unspecified atom stereocenters. The molecular weight excluding hydrogens is 307 g/mol. The van der Waals surface area contributed by atoms with Crippen molar-refractivity contribution in [3.05, 3.63) is 23.9 Å². The van der Waals surface area contributed by atoms with Crippen LogP contribution in [0.2, 0.25) is 0 Å². The summed E-state index contributed by atoms with van der Waals surface area (Å²) in [5.41, 5.74) is -0.247. The monoisotopic (exact) mass is 326 g/mol. The molecule has 21 heavy (non-hydrogen) atoms. The molecule has 0 aromatic rings. The van der Waals surface area contributed by atoms with Gasteiger partial charge >= 0.3 is 35.5 Å². The Morgan fingerprint density at radius 2 is 2.00 bits per heavy atom. The molecule has 0 spiro atoms. The first-order chi connectivity index (χ1) is 9.34. The first-order valence-corrected chi connectivity index (χ1v) is 7.59. The quantitative estimate of drug-likeness (QED) is 0.135. The number of rotatable bonds is 8. The van der Waals surface area contributed by atoms with Gasteiger partial charge in [0.1, 0.15) is 24.0 Å². The van der Waals surface area contributed by atoms with Gasteiger partial charge in [-0.05, 0) is 32.2 Å². The number of ether oxygens (including phenoxy) is 1. The Kier molecular flexibility index (Phi) is 12.6. The Hall–Kier alpha value is -0.850. The van der Waals surface area contributed by atoms with Crippen molar-refractivity contribution in [1.29, 1.82) is 5.26 Å². The van der Waals surface area contributed by atoms with Gasteiger partial charge in [0.25, 0.3) is 10.1 Å². The normalized spacial score (nSPS) is 11.6. The molecule has 7 nitrogen and oxygen atoms in total. The molecule has 0 aliphatic rings. The average Bonchev–Trinajstić information content (AvgIpc) is 2.37. The minimum absolute atomic E-state index is 0. The SMILES string of the molecule is CCN(/C=C/C=C(\C#N)C(=O)OCCS(=O)(=O)O)CC.[H-].[Na+]. The summed E-state index contributed by atoms with van der Waals surface area (Å²) in [5, 5.41) is 8.80. The molecule has 0 aliphatic heterocycles. The van der Waals surface area contributed by atoms with Gasteiger partial charge in [0.2, 0.25) is 0 Å². The molecule has 1 N–H and O–H groups in total. The molecule has 0 aliphatic carbocycles. The number of esters is 1. The minimum atomic E-state index is -4.19. The van der Waals surface area contributed by atoms with Crippen LogP contribution in [0.25, 0.3) is 0 Å². The van der Waals surface area contributed by atoms with Crippen LogP contribution in [0, 0.1) is 11.3 Å². The van der Waals surface area contributed by atoms with E-state index in [2.05, 4.69) is 4.74 Å². The van der Waals surface area contributed by atoms with Gasteiger partial charge in [-0.2, -0.15) is 13.7 Å². The van der Waals surface area contributed by atoms with Gasteiger partial charge in [-0.3, -0.25) is 4.55 Å². The number of nitrogens with zero attached hydrogens (tertiary/aromatic N) is 2. The van der Waals surface area contributed by atoms with Crippen molar-refractivity contribution in [2.75, 3.05) is 25.4 Å². The number of hydrogen-bond acceptors (Lipinski definition) is 6. The Morgan fingerprint density at radius 3 is 2.43 bits per heavy atom. The summed E-state index contributed by atoms with van der Waals surface area (Å²) in [6, 6.07) is 1.66. The van der Waals surface area contributed by atoms with E-state index in [-0.39, 0.29) is 36.6 Å². The zero-order chi connectivity index (χ0) is 15.6. The zero-order valence-electron chi connectivity index (χ0n) is 13.4. The molecule has 0 radical (unpaired) electrons. The third-order valence-corrected chi connectivity index (χ3v) is 2.97. The average molecular weight is 326 g/mol. The van der Waals surface area contributed by atoms with Gasteiger partial charge < -0.3 is 11.1 Å². The van der Waals surface area contributed by atoms with E-state index < -0.39 is 28.4 Å². The molecule has 0 saturated heterocycles. The number of carbonyl (C=O) groups excluding carboxylic acids is 1. The van der Waals surface area contributed by atoms with E-state index in [4.69, 9.17) is 9.81 Å². The summed E-state index contributed by atoms with van der Waals surface area (Å²) in [4.78, 5) is 13.4. The van der Waals surface area contributed by atoms with Crippen LogP contribution in [-0.2, 0) is 19.6 Å². The number of nitriles is 1. The third kappa shape index (κ3) is 11.5. The molecule has 0 fully saturated rings. The Labute approximate surface area is 148 Å². The predicted octanol–water partition coefficient (Wildman–Crippen LogP) is -2.16. The second-order valence-corrected chi connectivity index (χ2v) is 5.25. The molecule has 0 aromatic heterocycles. The van der Waals surface area contributed by atoms with Crippen molar-refractivity contribution in [2.45, 2.75) is 13.8 Å². The molecule has 0 amide bonds. The van der Waals surface area contributed by atoms with Crippen molar-refractivity contribution in [3.63, 3.8) is 0 Å². The first kappa shape index (κ1) is 22.4. The molecule has 9 heteroatoms. The second kappa shape index (κ2) is 11.8. The summed E-state index contributed by atoms with van der Waals surface area (Å²) in [6.45, 7) is 5.01. The van der Waals surface area contributed by atoms with Crippen molar-refractivity contribution in [2.24, 2.45) is 0 Å². The fourth-order valence-corrected chi connectivity index (χ4v) is 1.46. The molecule has 0 heterocycles. The van der Waals surface area contributed by atoms with Gasteiger partial charge in [-0.25, -0.2) is 4.79 Å². The molecule has 114 valence electrons. The van der Waals surface area contributed by atoms with Crippen LogP contribution in [-0.4, -0.2) is 49.3 Å². The largest absolute Gasteiger partial charge is 1.00 e. The maximum Gasteiger partial charge on any atom is 1.00 e. The smallest absolute Gasteiger partial charge is 1.00 e.